The summed E-state index contributed by atoms with van der Waals surface area (Å²) in [4.78, 5) is 32.8. The van der Waals surface area contributed by atoms with Gasteiger partial charge in [0.15, 0.2) is 0 Å². The summed E-state index contributed by atoms with van der Waals surface area (Å²) in [5.41, 5.74) is 7.09. The van der Waals surface area contributed by atoms with Crippen molar-refractivity contribution in [3.8, 4) is 0 Å². The molecule has 1 aromatic heterocycles. The maximum Gasteiger partial charge on any atom is 0.228 e. The zero-order chi connectivity index (χ0) is 29.2. The minimum absolute atomic E-state index is 0.00208. The third-order valence-electron chi connectivity index (χ3n) is 9.22. The highest BCUT2D eigenvalue weighted by Crippen LogP contribution is 2.28. The van der Waals surface area contributed by atoms with Crippen molar-refractivity contribution < 1.29 is 9.59 Å². The Kier molecular flexibility index (Phi) is 7.69. The van der Waals surface area contributed by atoms with E-state index < -0.39 is 0 Å². The zero-order valence-corrected chi connectivity index (χ0v) is 24.4. The summed E-state index contributed by atoms with van der Waals surface area (Å²) in [6.45, 7) is 2.53. The summed E-state index contributed by atoms with van der Waals surface area (Å²) in [5, 5.41) is 9.99. The number of hydrogen-bond acceptors (Lipinski definition) is 3. The van der Waals surface area contributed by atoms with E-state index >= 15 is 0 Å². The molecule has 0 unspecified atom stereocenters. The Labute approximate surface area is 252 Å². The molecule has 0 spiro atoms. The van der Waals surface area contributed by atoms with E-state index in [2.05, 4.69) is 87.2 Å². The zero-order valence-electron chi connectivity index (χ0n) is 24.4. The lowest BCUT2D eigenvalue weighted by atomic mass is 9.87. The van der Waals surface area contributed by atoms with Crippen LogP contribution in [-0.4, -0.2) is 41.3 Å². The summed E-state index contributed by atoms with van der Waals surface area (Å²) >= 11 is 0. The molecule has 218 valence electrons. The van der Waals surface area contributed by atoms with E-state index in [0.717, 1.165) is 30.5 Å². The molecule has 2 amide bonds. The Morgan fingerprint density at radius 2 is 1.60 bits per heavy atom. The largest absolute Gasteiger partial charge is 0.361 e. The van der Waals surface area contributed by atoms with Crippen molar-refractivity contribution in [3.05, 3.63) is 113 Å². The number of rotatable bonds is 8. The number of H-pyrrole nitrogens is 1. The van der Waals surface area contributed by atoms with Crippen LogP contribution in [0.15, 0.2) is 91.1 Å². The highest BCUT2D eigenvalue weighted by molar-refractivity contribution is 5.93. The van der Waals surface area contributed by atoms with Gasteiger partial charge in [0.25, 0.3) is 0 Å². The fourth-order valence-corrected chi connectivity index (χ4v) is 6.99. The van der Waals surface area contributed by atoms with E-state index in [9.17, 15) is 9.59 Å². The van der Waals surface area contributed by atoms with Crippen molar-refractivity contribution in [2.75, 3.05) is 25.0 Å². The minimum Gasteiger partial charge on any atom is -0.361 e. The van der Waals surface area contributed by atoms with Crippen molar-refractivity contribution in [3.63, 3.8) is 0 Å². The van der Waals surface area contributed by atoms with Crippen molar-refractivity contribution >= 4 is 39.2 Å². The third kappa shape index (κ3) is 6.06. The van der Waals surface area contributed by atoms with E-state index in [1.54, 1.807) is 0 Å². The molecule has 2 atom stereocenters. The van der Waals surface area contributed by atoms with E-state index in [-0.39, 0.29) is 23.7 Å². The van der Waals surface area contributed by atoms with Gasteiger partial charge in [-0.1, -0.05) is 60.7 Å². The molecule has 2 heterocycles. The van der Waals surface area contributed by atoms with Crippen LogP contribution >= 0.6 is 0 Å². The summed E-state index contributed by atoms with van der Waals surface area (Å²) in [7, 11) is 0. The number of amides is 2. The van der Waals surface area contributed by atoms with Crippen molar-refractivity contribution in [1.29, 1.82) is 0 Å². The van der Waals surface area contributed by atoms with Gasteiger partial charge in [0.2, 0.25) is 11.8 Å². The van der Waals surface area contributed by atoms with E-state index in [4.69, 9.17) is 0 Å². The molecule has 5 aromatic rings. The number of aryl methyl sites for hydroxylation is 2. The smallest absolute Gasteiger partial charge is 0.228 e. The summed E-state index contributed by atoms with van der Waals surface area (Å²) in [6, 6.07) is 29.4. The van der Waals surface area contributed by atoms with Gasteiger partial charge in [-0.05, 0) is 89.4 Å². The Morgan fingerprint density at radius 3 is 2.51 bits per heavy atom. The highest BCUT2D eigenvalue weighted by Gasteiger charge is 2.35. The third-order valence-corrected chi connectivity index (χ3v) is 9.22. The molecule has 1 saturated heterocycles. The van der Waals surface area contributed by atoms with Gasteiger partial charge in [0.1, 0.15) is 0 Å². The number of anilines is 1. The molecule has 0 saturated carbocycles. The van der Waals surface area contributed by atoms with Crippen LogP contribution in [0.5, 0.6) is 0 Å². The summed E-state index contributed by atoms with van der Waals surface area (Å²) in [6.07, 6.45) is 6.70. The molecule has 2 aliphatic rings. The molecule has 4 aromatic carbocycles. The summed E-state index contributed by atoms with van der Waals surface area (Å²) < 4.78 is 0. The van der Waals surface area contributed by atoms with Crippen LogP contribution in [0.25, 0.3) is 21.7 Å². The second kappa shape index (κ2) is 12.1. The number of benzene rings is 4. The second-order valence-electron chi connectivity index (χ2n) is 12.2. The van der Waals surface area contributed by atoms with Crippen molar-refractivity contribution in [2.45, 2.75) is 38.6 Å². The normalized spacial score (nSPS) is 18.5. The number of carbonyl (C=O) groups excluding carboxylic acids is 2. The number of likely N-dealkylation sites (tertiary alicyclic amines) is 1. The van der Waals surface area contributed by atoms with Crippen LogP contribution in [0.2, 0.25) is 0 Å². The molecule has 1 aliphatic heterocycles. The van der Waals surface area contributed by atoms with Gasteiger partial charge >= 0.3 is 0 Å². The Balaban J connectivity index is 1.05. The SMILES string of the molecule is O=C(NCCc1c[nH]c2ccccc12)[C@H]1C[C@@H](C(=O)Nc2ccc3c(c2)CCC3)CN(Cc2ccc3ccccc3c2)C1. The number of carbonyl (C=O) groups is 2. The van der Waals surface area contributed by atoms with Gasteiger partial charge in [0, 0.05) is 49.0 Å². The average molecular weight is 571 g/mol. The first-order valence-corrected chi connectivity index (χ1v) is 15.5. The molecule has 0 radical (unpaired) electrons. The second-order valence-corrected chi connectivity index (χ2v) is 12.2. The molecule has 1 fully saturated rings. The van der Waals surface area contributed by atoms with Gasteiger partial charge in [-0.25, -0.2) is 0 Å². The number of aromatic nitrogens is 1. The number of hydrogen-bond donors (Lipinski definition) is 3. The predicted octanol–water partition coefficient (Wildman–Crippen LogP) is 6.25. The Morgan fingerprint density at radius 1 is 0.814 bits per heavy atom. The first kappa shape index (κ1) is 27.4. The molecule has 43 heavy (non-hydrogen) atoms. The molecule has 3 N–H and O–H groups in total. The molecular formula is C37H38N4O2. The van der Waals surface area contributed by atoms with Crippen LogP contribution in [0.3, 0.4) is 0 Å². The molecule has 7 rings (SSSR count). The highest BCUT2D eigenvalue weighted by atomic mass is 16.2. The number of aromatic amines is 1. The van der Waals surface area contributed by atoms with Crippen LogP contribution in [0.4, 0.5) is 5.69 Å². The van der Waals surface area contributed by atoms with E-state index in [0.29, 0.717) is 32.6 Å². The average Bonchev–Trinajstić information content (AvgIpc) is 3.68. The lowest BCUT2D eigenvalue weighted by Gasteiger charge is -2.36. The Bertz CT molecular complexity index is 1790. The maximum atomic E-state index is 13.6. The van der Waals surface area contributed by atoms with Crippen LogP contribution in [0, 0.1) is 11.8 Å². The molecular weight excluding hydrogens is 532 g/mol. The van der Waals surface area contributed by atoms with Crippen molar-refractivity contribution in [2.24, 2.45) is 11.8 Å². The minimum atomic E-state index is -0.271. The lowest BCUT2D eigenvalue weighted by molar-refractivity contribution is -0.130. The van der Waals surface area contributed by atoms with Gasteiger partial charge < -0.3 is 15.6 Å². The monoisotopic (exact) mass is 570 g/mol. The van der Waals surface area contributed by atoms with Gasteiger partial charge in [0.05, 0.1) is 11.8 Å². The fourth-order valence-electron chi connectivity index (χ4n) is 6.99. The molecule has 1 aliphatic carbocycles. The van der Waals surface area contributed by atoms with Crippen LogP contribution in [0.1, 0.15) is 35.1 Å². The van der Waals surface area contributed by atoms with Crippen LogP contribution < -0.4 is 10.6 Å². The van der Waals surface area contributed by atoms with Gasteiger partial charge in [-0.3, -0.25) is 14.5 Å². The molecule has 0 bridgehead atoms. The lowest BCUT2D eigenvalue weighted by Crippen LogP contribution is -2.49. The van der Waals surface area contributed by atoms with Gasteiger partial charge in [-0.15, -0.1) is 0 Å². The number of fused-ring (bicyclic) bond motifs is 3. The van der Waals surface area contributed by atoms with E-state index in [1.807, 2.05) is 24.4 Å². The molecule has 6 heteroatoms. The topological polar surface area (TPSA) is 77.2 Å². The van der Waals surface area contributed by atoms with Crippen molar-refractivity contribution in [1.82, 2.24) is 15.2 Å². The maximum absolute atomic E-state index is 13.6. The number of piperidine rings is 1. The number of para-hydroxylation sites is 1. The summed E-state index contributed by atoms with van der Waals surface area (Å²) in [5.74, 6) is -0.504. The first-order chi connectivity index (χ1) is 21.1. The molecule has 6 nitrogen and oxygen atoms in total. The van der Waals surface area contributed by atoms with Gasteiger partial charge in [-0.2, -0.15) is 0 Å². The van der Waals surface area contributed by atoms with E-state index in [1.165, 1.54) is 44.8 Å². The standard InChI is InChI=1S/C37H38N4O2/c42-36(38-17-16-30-21-39-35-11-4-3-10-34(30)35)31-19-32(37(43)40-33-15-14-27-8-5-9-29(27)20-33)24-41(23-31)22-25-12-13-26-6-1-2-7-28(26)18-25/h1-4,6-7,10-15,18,20-21,31-32,39H,5,8-9,16-17,19,22-24H2,(H,38,42)(H,40,43)/t31-,32+/m0/s1. The number of nitrogens with zero attached hydrogens (tertiary/aromatic N) is 1. The van der Waals surface area contributed by atoms with Crippen LogP contribution in [-0.2, 0) is 35.4 Å². The quantitative estimate of drug-likeness (QED) is 0.207. The fraction of sp³-hybridized carbons (Fsp3) is 0.297. The Hall–Kier alpha value is -4.42. The predicted molar refractivity (Wildman–Crippen MR) is 173 cm³/mol. The number of nitrogens with one attached hydrogen (secondary N) is 3. The first-order valence-electron chi connectivity index (χ1n) is 15.5.